The third-order valence-corrected chi connectivity index (χ3v) is 5.14. The minimum atomic E-state index is -4.52. The Labute approximate surface area is 165 Å². The maximum atomic E-state index is 13.3. The molecule has 0 amide bonds. The molecule has 0 saturated carbocycles. The van der Waals surface area contributed by atoms with Crippen LogP contribution in [-0.4, -0.2) is 20.2 Å². The van der Waals surface area contributed by atoms with Crippen LogP contribution in [0.4, 0.5) is 18.9 Å². The van der Waals surface area contributed by atoms with Crippen LogP contribution in [0.15, 0.2) is 53.6 Å². The minimum absolute atomic E-state index is 0.00332. The van der Waals surface area contributed by atoms with Crippen LogP contribution in [0.3, 0.4) is 0 Å². The van der Waals surface area contributed by atoms with E-state index in [4.69, 9.17) is 4.99 Å². The van der Waals surface area contributed by atoms with Gasteiger partial charge in [0.1, 0.15) is 17.0 Å². The fraction of sp³-hybridized carbons (Fsp3) is 0.227. The molecule has 0 unspecified atom stereocenters. The third kappa shape index (κ3) is 2.72. The van der Waals surface area contributed by atoms with E-state index in [1.165, 1.54) is 6.07 Å². The van der Waals surface area contributed by atoms with Gasteiger partial charge in [0, 0.05) is 23.5 Å². The average Bonchev–Trinajstić information content (AvgIpc) is 3.25. The highest BCUT2D eigenvalue weighted by Crippen LogP contribution is 2.42. The lowest BCUT2D eigenvalue weighted by Gasteiger charge is -2.16. The smallest absolute Gasteiger partial charge is 0.280 e. The van der Waals surface area contributed by atoms with Crippen molar-refractivity contribution in [3.8, 4) is 5.69 Å². The molecule has 4 nitrogen and oxygen atoms in total. The summed E-state index contributed by atoms with van der Waals surface area (Å²) in [6.07, 6.45) is 2.23. The third-order valence-electron chi connectivity index (χ3n) is 5.14. The standard InChI is InChI=1S/C22H17F3N4/c1-12(2)20-27-16-10-11-18(22(23,24)25)28-21(16)29(20)17-9-5-8-15-19(17)13-6-3-4-7-14(13)26-15/h3-6,8-12H,7H2,1-2H3. The maximum Gasteiger partial charge on any atom is 0.433 e. The highest BCUT2D eigenvalue weighted by atomic mass is 19.4. The SMILES string of the molecule is CC(C)c1nc2ccc(C(F)(F)F)nc2n1-c1cccc2c1C1=CC=CCC1=N2. The van der Waals surface area contributed by atoms with Crippen LogP contribution in [0, 0.1) is 0 Å². The van der Waals surface area contributed by atoms with E-state index in [1.807, 2.05) is 50.3 Å². The second kappa shape index (κ2) is 6.14. The number of fused-ring (bicyclic) bond motifs is 4. The lowest BCUT2D eigenvalue weighted by molar-refractivity contribution is -0.141. The van der Waals surface area contributed by atoms with Crippen LogP contribution in [0.1, 0.15) is 43.3 Å². The molecule has 0 saturated heterocycles. The molecule has 0 radical (unpaired) electrons. The van der Waals surface area contributed by atoms with Crippen molar-refractivity contribution in [2.24, 2.45) is 4.99 Å². The number of nitrogens with zero attached hydrogens (tertiary/aromatic N) is 4. The molecule has 29 heavy (non-hydrogen) atoms. The predicted octanol–water partition coefficient (Wildman–Crippen LogP) is 5.99. The van der Waals surface area contributed by atoms with Gasteiger partial charge in [0.05, 0.1) is 17.1 Å². The summed E-state index contributed by atoms with van der Waals surface area (Å²) in [4.78, 5) is 13.3. The Hall–Kier alpha value is -3.22. The van der Waals surface area contributed by atoms with E-state index in [-0.39, 0.29) is 11.6 Å². The fourth-order valence-electron chi connectivity index (χ4n) is 3.87. The number of imidazole rings is 1. The van der Waals surface area contributed by atoms with Gasteiger partial charge in [0.2, 0.25) is 0 Å². The molecule has 2 aromatic heterocycles. The van der Waals surface area contributed by atoms with Crippen molar-refractivity contribution in [2.45, 2.75) is 32.4 Å². The maximum absolute atomic E-state index is 13.3. The first kappa shape index (κ1) is 17.8. The number of pyridine rings is 1. The number of aromatic nitrogens is 3. The van der Waals surface area contributed by atoms with Gasteiger partial charge in [-0.1, -0.05) is 38.1 Å². The molecule has 7 heteroatoms. The molecule has 1 aliphatic carbocycles. The molecule has 1 aliphatic heterocycles. The molecule has 5 rings (SSSR count). The summed E-state index contributed by atoms with van der Waals surface area (Å²) < 4.78 is 41.7. The molecule has 0 atom stereocenters. The van der Waals surface area contributed by atoms with Crippen molar-refractivity contribution in [3.63, 3.8) is 0 Å². The molecule has 3 aromatic rings. The summed E-state index contributed by atoms with van der Waals surface area (Å²) in [6, 6.07) is 8.06. The average molecular weight is 394 g/mol. The Morgan fingerprint density at radius 2 is 1.90 bits per heavy atom. The van der Waals surface area contributed by atoms with Crippen LogP contribution in [0.2, 0.25) is 0 Å². The normalized spacial score (nSPS) is 15.5. The van der Waals surface area contributed by atoms with Gasteiger partial charge < -0.3 is 0 Å². The lowest BCUT2D eigenvalue weighted by Crippen LogP contribution is -2.10. The Balaban J connectivity index is 1.83. The number of aliphatic imine (C=N–C) groups is 1. The highest BCUT2D eigenvalue weighted by molar-refractivity contribution is 6.31. The first-order valence-corrected chi connectivity index (χ1v) is 9.39. The Morgan fingerprint density at radius 3 is 2.66 bits per heavy atom. The first-order valence-electron chi connectivity index (χ1n) is 9.39. The van der Waals surface area contributed by atoms with Crippen molar-refractivity contribution in [2.75, 3.05) is 0 Å². The summed E-state index contributed by atoms with van der Waals surface area (Å²) in [6.45, 7) is 3.94. The number of rotatable bonds is 2. The van der Waals surface area contributed by atoms with Crippen LogP contribution in [0.25, 0.3) is 22.4 Å². The monoisotopic (exact) mass is 394 g/mol. The van der Waals surface area contributed by atoms with Gasteiger partial charge in [-0.25, -0.2) is 9.97 Å². The summed E-state index contributed by atoms with van der Waals surface area (Å²) >= 11 is 0. The van der Waals surface area contributed by atoms with E-state index in [0.29, 0.717) is 11.3 Å². The van der Waals surface area contributed by atoms with Crippen molar-refractivity contribution in [1.82, 2.24) is 14.5 Å². The van der Waals surface area contributed by atoms with Gasteiger partial charge in [-0.3, -0.25) is 9.56 Å². The van der Waals surface area contributed by atoms with Gasteiger partial charge in [-0.2, -0.15) is 13.2 Å². The van der Waals surface area contributed by atoms with E-state index in [1.54, 1.807) is 4.57 Å². The van der Waals surface area contributed by atoms with E-state index in [0.717, 1.165) is 40.7 Å². The van der Waals surface area contributed by atoms with Crippen molar-refractivity contribution < 1.29 is 13.2 Å². The van der Waals surface area contributed by atoms with E-state index >= 15 is 0 Å². The molecule has 146 valence electrons. The van der Waals surface area contributed by atoms with E-state index in [2.05, 4.69) is 9.97 Å². The van der Waals surface area contributed by atoms with Crippen LogP contribution < -0.4 is 0 Å². The summed E-state index contributed by atoms with van der Waals surface area (Å²) in [7, 11) is 0. The van der Waals surface area contributed by atoms with Crippen molar-refractivity contribution in [3.05, 3.63) is 65.6 Å². The molecule has 2 aliphatic rings. The summed E-state index contributed by atoms with van der Waals surface area (Å²) in [5.74, 6) is 0.664. The largest absolute Gasteiger partial charge is 0.433 e. The van der Waals surface area contributed by atoms with E-state index in [9.17, 15) is 13.2 Å². The Bertz CT molecular complexity index is 1240. The van der Waals surface area contributed by atoms with Gasteiger partial charge in [0.15, 0.2) is 5.65 Å². The molecule has 1 aromatic carbocycles. The fourth-order valence-corrected chi connectivity index (χ4v) is 3.87. The van der Waals surface area contributed by atoms with Gasteiger partial charge >= 0.3 is 6.18 Å². The van der Waals surface area contributed by atoms with Gasteiger partial charge in [0.25, 0.3) is 0 Å². The first-order chi connectivity index (χ1) is 13.8. The number of halogens is 3. The molecule has 0 bridgehead atoms. The zero-order chi connectivity index (χ0) is 20.3. The van der Waals surface area contributed by atoms with E-state index < -0.39 is 11.9 Å². The number of hydrogen-bond acceptors (Lipinski definition) is 3. The van der Waals surface area contributed by atoms with Crippen LogP contribution in [0.5, 0.6) is 0 Å². The van der Waals surface area contributed by atoms with Crippen LogP contribution in [-0.2, 0) is 6.18 Å². The topological polar surface area (TPSA) is 43.1 Å². The molecular formula is C22H17F3N4. The number of allylic oxidation sites excluding steroid dienone is 4. The molecule has 0 fully saturated rings. The predicted molar refractivity (Wildman–Crippen MR) is 107 cm³/mol. The molecule has 3 heterocycles. The second-order valence-electron chi connectivity index (χ2n) is 7.44. The quantitative estimate of drug-likeness (QED) is 0.536. The van der Waals surface area contributed by atoms with Gasteiger partial charge in [-0.05, 0) is 24.3 Å². The van der Waals surface area contributed by atoms with Crippen LogP contribution >= 0.6 is 0 Å². The van der Waals surface area contributed by atoms with Crippen molar-refractivity contribution in [1.29, 1.82) is 0 Å². The number of hydrogen-bond donors (Lipinski definition) is 0. The number of benzene rings is 1. The van der Waals surface area contributed by atoms with Gasteiger partial charge in [-0.15, -0.1) is 0 Å². The Morgan fingerprint density at radius 1 is 1.07 bits per heavy atom. The lowest BCUT2D eigenvalue weighted by atomic mass is 9.95. The summed E-state index contributed by atoms with van der Waals surface area (Å²) in [5, 5.41) is 0. The minimum Gasteiger partial charge on any atom is -0.280 e. The molecular weight excluding hydrogens is 377 g/mol. The molecule has 0 spiro atoms. The Kier molecular flexibility index (Phi) is 3.78. The highest BCUT2D eigenvalue weighted by Gasteiger charge is 2.34. The zero-order valence-electron chi connectivity index (χ0n) is 15.8. The van der Waals surface area contributed by atoms with Crippen molar-refractivity contribution >= 4 is 28.1 Å². The summed E-state index contributed by atoms with van der Waals surface area (Å²) in [5.41, 5.74) is 4.17. The number of alkyl halides is 3. The zero-order valence-corrected chi connectivity index (χ0v) is 15.8. The second-order valence-corrected chi connectivity index (χ2v) is 7.44. The molecule has 0 N–H and O–H groups in total.